The van der Waals surface area contributed by atoms with Crippen LogP contribution in [0.25, 0.3) is 0 Å². The molecular weight excluding hydrogens is 673 g/mol. The summed E-state index contributed by atoms with van der Waals surface area (Å²) >= 11 is 0. The topological polar surface area (TPSA) is 43.4 Å². The smallest absolute Gasteiger partial charge is 0.224 e. The summed E-state index contributed by atoms with van der Waals surface area (Å²) < 4.78 is 5.05. The minimum atomic E-state index is -0.194. The molecule has 0 fully saturated rings. The van der Waals surface area contributed by atoms with Gasteiger partial charge in [0.05, 0.1) is 7.11 Å². The molecule has 1 rings (SSSR count). The second-order valence-electron chi connectivity index (χ2n) is 16.3. The Morgan fingerprint density at radius 3 is 0.964 bits per heavy atom. The van der Waals surface area contributed by atoms with Crippen molar-refractivity contribution in [1.29, 1.82) is 0 Å². The number of ether oxygens (including phenoxy) is 1. The van der Waals surface area contributed by atoms with Gasteiger partial charge in [-0.3, -0.25) is 9.59 Å². The lowest BCUT2D eigenvalue weighted by molar-refractivity contribution is -0.117. The van der Waals surface area contributed by atoms with Crippen LogP contribution in [-0.2, 0) is 14.3 Å². The van der Waals surface area contributed by atoms with Crippen molar-refractivity contribution in [1.82, 2.24) is 0 Å². The van der Waals surface area contributed by atoms with Gasteiger partial charge in [-0.2, -0.15) is 0 Å². The first-order chi connectivity index (χ1) is 26.2. The molecule has 0 heterocycles. The molecule has 0 N–H and O–H groups in total. The fourth-order valence-electron chi connectivity index (χ4n) is 6.45. The van der Waals surface area contributed by atoms with E-state index in [1.807, 2.05) is 0 Å². The van der Waals surface area contributed by atoms with Crippen molar-refractivity contribution in [2.75, 3.05) is 7.11 Å². The Labute approximate surface area is 338 Å². The first-order valence-corrected chi connectivity index (χ1v) is 21.1. The van der Waals surface area contributed by atoms with Crippen LogP contribution in [0.4, 0.5) is 0 Å². The van der Waals surface area contributed by atoms with Gasteiger partial charge in [0.2, 0.25) is 5.78 Å². The molecule has 1 aliphatic rings. The van der Waals surface area contributed by atoms with Crippen LogP contribution in [0.1, 0.15) is 178 Å². The zero-order valence-corrected chi connectivity index (χ0v) is 37.1. The number of hydrogen-bond donors (Lipinski definition) is 0. The minimum Gasteiger partial charge on any atom is -0.493 e. The lowest BCUT2D eigenvalue weighted by atomic mass is 9.97. The lowest BCUT2D eigenvalue weighted by Gasteiger charge is -2.11. The summed E-state index contributed by atoms with van der Waals surface area (Å²) in [6.45, 7) is 22.3. The van der Waals surface area contributed by atoms with Crippen LogP contribution in [0.3, 0.4) is 0 Å². The molecule has 0 atom stereocenters. The average Bonchev–Trinajstić information content (AvgIpc) is 3.11. The van der Waals surface area contributed by atoms with Crippen LogP contribution in [0.5, 0.6) is 0 Å². The number of Topliss-reactive ketones (excluding diaryl/α,β-unsaturated/α-hetero) is 1. The zero-order chi connectivity index (χ0) is 41.0. The largest absolute Gasteiger partial charge is 0.493 e. The molecule has 304 valence electrons. The standard InChI is InChI=1S/C52H78O3/c1-40(2)20-12-21-41(3)22-13-23-42(4)24-14-25-43(5)26-15-27-44(6)28-16-29-45(7)30-17-31-46(8)32-18-33-47(9)34-19-35-48(10)36-37-49-38-50(53)39-51(55-11)52(49)54/h20,22,24,26,28,30,32,34,36,38-39H,12-19,21,23,25,27,29,31,33,35,37H2,1-11H3/b41-22+,42-24+,43-26+,44-28+,45-30+,46-32+,47-34+,48-36+. The number of hydrogen-bond acceptors (Lipinski definition) is 3. The van der Waals surface area contributed by atoms with E-state index in [2.05, 4.69) is 124 Å². The Bertz CT molecular complexity index is 1560. The summed E-state index contributed by atoms with van der Waals surface area (Å²) in [5.41, 5.74) is 13.6. The van der Waals surface area contributed by atoms with E-state index in [0.717, 1.165) is 83.5 Å². The fourth-order valence-corrected chi connectivity index (χ4v) is 6.45. The van der Waals surface area contributed by atoms with Gasteiger partial charge in [0.1, 0.15) is 0 Å². The molecule has 0 radical (unpaired) electrons. The normalized spacial score (nSPS) is 15.8. The second kappa shape index (κ2) is 29.6. The lowest BCUT2D eigenvalue weighted by Crippen LogP contribution is -2.15. The van der Waals surface area contributed by atoms with Crippen molar-refractivity contribution in [3.63, 3.8) is 0 Å². The van der Waals surface area contributed by atoms with E-state index in [0.29, 0.717) is 12.0 Å². The van der Waals surface area contributed by atoms with E-state index in [1.54, 1.807) is 0 Å². The molecule has 0 amide bonds. The molecule has 0 aromatic heterocycles. The van der Waals surface area contributed by atoms with E-state index < -0.39 is 0 Å². The third-order valence-corrected chi connectivity index (χ3v) is 10.3. The molecule has 55 heavy (non-hydrogen) atoms. The molecule has 0 bridgehead atoms. The third kappa shape index (κ3) is 25.9. The maximum atomic E-state index is 12.4. The number of rotatable bonds is 27. The maximum Gasteiger partial charge on any atom is 0.224 e. The van der Waals surface area contributed by atoms with Crippen molar-refractivity contribution >= 4 is 11.6 Å². The van der Waals surface area contributed by atoms with Crippen molar-refractivity contribution in [3.05, 3.63) is 128 Å². The molecule has 0 unspecified atom stereocenters. The van der Waals surface area contributed by atoms with Crippen LogP contribution < -0.4 is 0 Å². The van der Waals surface area contributed by atoms with Crippen LogP contribution in [-0.4, -0.2) is 18.7 Å². The van der Waals surface area contributed by atoms with Gasteiger partial charge in [-0.25, -0.2) is 0 Å². The SMILES string of the molecule is COC1=CC(=O)C=C(C/C=C(\C)CC/C=C(\C)CC/C=C(\C)CC/C=C(\C)CC/C=C(\C)CC/C=C(\C)CC/C=C(\C)CC/C=C(\C)CCC=C(C)C)C1=O. The van der Waals surface area contributed by atoms with E-state index in [9.17, 15) is 9.59 Å². The highest BCUT2D eigenvalue weighted by atomic mass is 16.5. The highest BCUT2D eigenvalue weighted by molar-refractivity contribution is 6.19. The van der Waals surface area contributed by atoms with Crippen molar-refractivity contribution in [2.45, 2.75) is 178 Å². The summed E-state index contributed by atoms with van der Waals surface area (Å²) in [4.78, 5) is 24.2. The summed E-state index contributed by atoms with van der Waals surface area (Å²) in [7, 11) is 1.42. The van der Waals surface area contributed by atoms with Gasteiger partial charge >= 0.3 is 0 Å². The van der Waals surface area contributed by atoms with Crippen LogP contribution in [0, 0.1) is 0 Å². The van der Waals surface area contributed by atoms with E-state index >= 15 is 0 Å². The van der Waals surface area contributed by atoms with Gasteiger partial charge in [-0.05, 0) is 184 Å². The Kier molecular flexibility index (Phi) is 26.5. The summed E-state index contributed by atoms with van der Waals surface area (Å²) in [5.74, 6) is -0.256. The molecule has 0 saturated heterocycles. The molecule has 1 aliphatic carbocycles. The van der Waals surface area contributed by atoms with Crippen molar-refractivity contribution in [2.24, 2.45) is 0 Å². The Balaban J connectivity index is 2.26. The third-order valence-electron chi connectivity index (χ3n) is 10.3. The van der Waals surface area contributed by atoms with Crippen molar-refractivity contribution in [3.8, 4) is 0 Å². The summed E-state index contributed by atoms with van der Waals surface area (Å²) in [5, 5.41) is 0. The molecule has 0 spiro atoms. The fraction of sp³-hybridized carbons (Fsp3) is 0.538. The second-order valence-corrected chi connectivity index (χ2v) is 16.3. The number of ketones is 2. The maximum absolute atomic E-state index is 12.4. The molecule has 3 heteroatoms. The number of methoxy groups -OCH3 is 1. The monoisotopic (exact) mass is 751 g/mol. The van der Waals surface area contributed by atoms with E-state index in [-0.39, 0.29) is 17.3 Å². The first-order valence-electron chi connectivity index (χ1n) is 21.1. The van der Waals surface area contributed by atoms with Gasteiger partial charge in [0, 0.05) is 11.6 Å². The van der Waals surface area contributed by atoms with Gasteiger partial charge in [0.15, 0.2) is 11.5 Å². The zero-order valence-electron chi connectivity index (χ0n) is 37.1. The number of allylic oxidation sites excluding steroid dienone is 21. The van der Waals surface area contributed by atoms with Crippen LogP contribution in [0.2, 0.25) is 0 Å². The predicted octanol–water partition coefficient (Wildman–Crippen LogP) is 15.8. The van der Waals surface area contributed by atoms with Gasteiger partial charge in [-0.15, -0.1) is 0 Å². The Morgan fingerprint density at radius 1 is 0.418 bits per heavy atom. The Hall–Kier alpha value is -3.72. The van der Waals surface area contributed by atoms with E-state index in [1.165, 1.54) is 88.7 Å². The van der Waals surface area contributed by atoms with E-state index in [4.69, 9.17) is 4.74 Å². The molecule has 0 saturated carbocycles. The van der Waals surface area contributed by atoms with Gasteiger partial charge < -0.3 is 4.74 Å². The summed E-state index contributed by atoms with van der Waals surface area (Å²) in [6.07, 6.45) is 42.3. The molecule has 3 nitrogen and oxygen atoms in total. The highest BCUT2D eigenvalue weighted by Crippen LogP contribution is 2.20. The Morgan fingerprint density at radius 2 is 0.691 bits per heavy atom. The molecule has 0 aromatic carbocycles. The quantitative estimate of drug-likeness (QED) is 0.0620. The van der Waals surface area contributed by atoms with Gasteiger partial charge in [-0.1, -0.05) is 105 Å². The highest BCUT2D eigenvalue weighted by Gasteiger charge is 2.21. The number of carbonyl (C=O) groups is 2. The minimum absolute atomic E-state index is 0.127. The molecule has 0 aliphatic heterocycles. The van der Waals surface area contributed by atoms with Crippen molar-refractivity contribution < 1.29 is 14.3 Å². The number of carbonyl (C=O) groups excluding carboxylic acids is 2. The van der Waals surface area contributed by atoms with Crippen LogP contribution in [0.15, 0.2) is 128 Å². The van der Waals surface area contributed by atoms with Gasteiger partial charge in [0.25, 0.3) is 0 Å². The average molecular weight is 751 g/mol. The first kappa shape index (κ1) is 49.3. The molecular formula is C52H78O3. The summed E-state index contributed by atoms with van der Waals surface area (Å²) in [6, 6.07) is 0. The predicted molar refractivity (Wildman–Crippen MR) is 241 cm³/mol. The molecule has 0 aromatic rings. The van der Waals surface area contributed by atoms with Crippen LogP contribution >= 0.6 is 0 Å².